The summed E-state index contributed by atoms with van der Waals surface area (Å²) in [6, 6.07) is 7.38. The minimum Gasteiger partial charge on any atom is -0.370 e. The van der Waals surface area contributed by atoms with Gasteiger partial charge < -0.3 is 10.1 Å². The highest BCUT2D eigenvalue weighted by atomic mass is 35.5. The van der Waals surface area contributed by atoms with Crippen LogP contribution in [-0.2, 0) is 28.2 Å². The van der Waals surface area contributed by atoms with Gasteiger partial charge in [-0.1, -0.05) is 23.7 Å². The van der Waals surface area contributed by atoms with Crippen LogP contribution in [0.2, 0.25) is 5.02 Å². The minimum atomic E-state index is -0.840. The van der Waals surface area contributed by atoms with Crippen molar-refractivity contribution in [2.24, 2.45) is 0 Å². The van der Waals surface area contributed by atoms with Crippen molar-refractivity contribution in [2.75, 3.05) is 6.61 Å². The third kappa shape index (κ3) is 2.60. The summed E-state index contributed by atoms with van der Waals surface area (Å²) < 4.78 is 7.37. The van der Waals surface area contributed by atoms with Crippen molar-refractivity contribution in [3.63, 3.8) is 0 Å². The SMILES string of the molecule is Cc1nnc2n1C(C)(C(=O)NCc1ccc(Cl)cc1)COC2. The summed E-state index contributed by atoms with van der Waals surface area (Å²) in [6.07, 6.45) is 0. The molecule has 0 bridgehead atoms. The zero-order valence-corrected chi connectivity index (χ0v) is 13.2. The number of ether oxygens (including phenoxy) is 1. The molecule has 1 unspecified atom stereocenters. The fraction of sp³-hybridized carbons (Fsp3) is 0.400. The lowest BCUT2D eigenvalue weighted by molar-refractivity contribution is -0.135. The molecule has 0 aliphatic carbocycles. The average Bonchev–Trinajstić information content (AvgIpc) is 2.89. The first kappa shape index (κ1) is 15.0. The minimum absolute atomic E-state index is 0.119. The number of nitrogens with one attached hydrogen (secondary N) is 1. The van der Waals surface area contributed by atoms with E-state index in [-0.39, 0.29) is 5.91 Å². The largest absolute Gasteiger partial charge is 0.370 e. The molecule has 2 heterocycles. The molecule has 1 aliphatic heterocycles. The lowest BCUT2D eigenvalue weighted by Crippen LogP contribution is -2.52. The summed E-state index contributed by atoms with van der Waals surface area (Å²) in [4.78, 5) is 12.7. The Balaban J connectivity index is 1.77. The van der Waals surface area contributed by atoms with Gasteiger partial charge in [0.05, 0.1) is 6.61 Å². The highest BCUT2D eigenvalue weighted by Crippen LogP contribution is 2.26. The van der Waals surface area contributed by atoms with Gasteiger partial charge in [0.15, 0.2) is 5.82 Å². The second kappa shape index (κ2) is 5.70. The van der Waals surface area contributed by atoms with Crippen LogP contribution in [0.4, 0.5) is 0 Å². The predicted molar refractivity (Wildman–Crippen MR) is 81.4 cm³/mol. The van der Waals surface area contributed by atoms with Gasteiger partial charge in [0, 0.05) is 11.6 Å². The van der Waals surface area contributed by atoms with Crippen LogP contribution >= 0.6 is 11.6 Å². The van der Waals surface area contributed by atoms with Crippen molar-refractivity contribution in [3.8, 4) is 0 Å². The Kier molecular flexibility index (Phi) is 3.88. The van der Waals surface area contributed by atoms with Crippen molar-refractivity contribution in [2.45, 2.75) is 32.5 Å². The monoisotopic (exact) mass is 320 g/mol. The van der Waals surface area contributed by atoms with E-state index in [4.69, 9.17) is 16.3 Å². The van der Waals surface area contributed by atoms with Crippen LogP contribution in [-0.4, -0.2) is 27.3 Å². The Labute approximate surface area is 133 Å². The van der Waals surface area contributed by atoms with Crippen LogP contribution in [0.3, 0.4) is 0 Å². The van der Waals surface area contributed by atoms with E-state index in [1.54, 1.807) is 12.1 Å². The molecule has 0 saturated heterocycles. The first-order valence-electron chi connectivity index (χ1n) is 7.02. The summed E-state index contributed by atoms with van der Waals surface area (Å²) in [5, 5.41) is 11.7. The smallest absolute Gasteiger partial charge is 0.248 e. The van der Waals surface area contributed by atoms with Crippen LogP contribution in [0.5, 0.6) is 0 Å². The lowest BCUT2D eigenvalue weighted by atomic mass is 10.00. The number of rotatable bonds is 3. The lowest BCUT2D eigenvalue weighted by Gasteiger charge is -2.34. The van der Waals surface area contributed by atoms with Gasteiger partial charge in [0.2, 0.25) is 5.91 Å². The molecule has 6 nitrogen and oxygen atoms in total. The van der Waals surface area contributed by atoms with Gasteiger partial charge in [-0.3, -0.25) is 9.36 Å². The highest BCUT2D eigenvalue weighted by molar-refractivity contribution is 6.30. The summed E-state index contributed by atoms with van der Waals surface area (Å²) in [5.41, 5.74) is 0.145. The van der Waals surface area contributed by atoms with Gasteiger partial charge in [-0.05, 0) is 31.5 Å². The predicted octanol–water partition coefficient (Wildman–Crippen LogP) is 1.80. The van der Waals surface area contributed by atoms with Crippen LogP contribution < -0.4 is 5.32 Å². The molecular formula is C15H17ClN4O2. The molecule has 1 aromatic heterocycles. The molecule has 0 spiro atoms. The number of hydrogen-bond donors (Lipinski definition) is 1. The van der Waals surface area contributed by atoms with E-state index < -0.39 is 5.54 Å². The maximum atomic E-state index is 12.7. The molecule has 2 aromatic rings. The molecule has 3 rings (SSSR count). The third-order valence-corrected chi connectivity index (χ3v) is 4.11. The Morgan fingerprint density at radius 2 is 2.14 bits per heavy atom. The van der Waals surface area contributed by atoms with Crippen LogP contribution in [0.1, 0.15) is 24.1 Å². The number of carbonyl (C=O) groups is 1. The van der Waals surface area contributed by atoms with Crippen molar-refractivity contribution in [1.29, 1.82) is 0 Å². The van der Waals surface area contributed by atoms with Crippen molar-refractivity contribution >= 4 is 17.5 Å². The van der Waals surface area contributed by atoms with Gasteiger partial charge in [-0.15, -0.1) is 10.2 Å². The van der Waals surface area contributed by atoms with Crippen LogP contribution in [0, 0.1) is 6.92 Å². The molecule has 1 atom stereocenters. The molecule has 7 heteroatoms. The number of halogens is 1. The summed E-state index contributed by atoms with van der Waals surface area (Å²) >= 11 is 5.86. The quantitative estimate of drug-likeness (QED) is 0.936. The number of amides is 1. The number of fused-ring (bicyclic) bond motifs is 1. The van der Waals surface area contributed by atoms with Crippen LogP contribution in [0.25, 0.3) is 0 Å². The average molecular weight is 321 g/mol. The van der Waals surface area contributed by atoms with Gasteiger partial charge in [0.25, 0.3) is 0 Å². The number of hydrogen-bond acceptors (Lipinski definition) is 4. The Bertz CT molecular complexity index is 698. The zero-order valence-electron chi connectivity index (χ0n) is 12.5. The van der Waals surface area contributed by atoms with Crippen molar-refractivity contribution in [3.05, 3.63) is 46.5 Å². The fourth-order valence-corrected chi connectivity index (χ4v) is 2.82. The Morgan fingerprint density at radius 1 is 1.41 bits per heavy atom. The fourth-order valence-electron chi connectivity index (χ4n) is 2.69. The molecular weight excluding hydrogens is 304 g/mol. The highest BCUT2D eigenvalue weighted by Gasteiger charge is 2.41. The second-order valence-corrected chi connectivity index (χ2v) is 6.01. The number of benzene rings is 1. The van der Waals surface area contributed by atoms with Crippen LogP contribution in [0.15, 0.2) is 24.3 Å². The van der Waals surface area contributed by atoms with E-state index in [1.165, 1.54) is 0 Å². The van der Waals surface area contributed by atoms with E-state index in [9.17, 15) is 4.79 Å². The number of aryl methyl sites for hydroxylation is 1. The summed E-state index contributed by atoms with van der Waals surface area (Å²) in [7, 11) is 0. The molecule has 0 fully saturated rings. The van der Waals surface area contributed by atoms with E-state index in [1.807, 2.05) is 30.5 Å². The third-order valence-electron chi connectivity index (χ3n) is 3.86. The van der Waals surface area contributed by atoms with E-state index >= 15 is 0 Å². The number of carbonyl (C=O) groups excluding carboxylic acids is 1. The van der Waals surface area contributed by atoms with E-state index in [0.29, 0.717) is 36.4 Å². The normalized spacial score (nSPS) is 20.5. The van der Waals surface area contributed by atoms with Crippen molar-refractivity contribution in [1.82, 2.24) is 20.1 Å². The Morgan fingerprint density at radius 3 is 2.86 bits per heavy atom. The van der Waals surface area contributed by atoms with Gasteiger partial charge in [-0.2, -0.15) is 0 Å². The first-order valence-corrected chi connectivity index (χ1v) is 7.40. The Hall–Kier alpha value is -1.92. The molecule has 1 aromatic carbocycles. The first-order chi connectivity index (χ1) is 10.5. The summed E-state index contributed by atoms with van der Waals surface area (Å²) in [5.74, 6) is 1.27. The molecule has 22 heavy (non-hydrogen) atoms. The molecule has 1 aliphatic rings. The summed E-state index contributed by atoms with van der Waals surface area (Å²) in [6.45, 7) is 4.78. The van der Waals surface area contributed by atoms with E-state index in [2.05, 4.69) is 15.5 Å². The number of aromatic nitrogens is 3. The standard InChI is InChI=1S/C15H17ClN4O2/c1-10-18-19-13-8-22-9-15(2,20(10)13)14(21)17-7-11-3-5-12(16)6-4-11/h3-6H,7-9H2,1-2H3,(H,17,21). The molecule has 1 N–H and O–H groups in total. The van der Waals surface area contributed by atoms with Gasteiger partial charge in [0.1, 0.15) is 18.0 Å². The van der Waals surface area contributed by atoms with Crippen molar-refractivity contribution < 1.29 is 9.53 Å². The zero-order chi connectivity index (χ0) is 15.7. The molecule has 1 amide bonds. The number of nitrogens with zero attached hydrogens (tertiary/aromatic N) is 3. The molecule has 116 valence electrons. The second-order valence-electron chi connectivity index (χ2n) is 5.57. The van der Waals surface area contributed by atoms with Gasteiger partial charge in [-0.25, -0.2) is 0 Å². The maximum absolute atomic E-state index is 12.7. The maximum Gasteiger partial charge on any atom is 0.248 e. The van der Waals surface area contributed by atoms with Gasteiger partial charge >= 0.3 is 0 Å². The molecule has 0 radical (unpaired) electrons. The molecule has 0 saturated carbocycles. The topological polar surface area (TPSA) is 69.0 Å². The van der Waals surface area contributed by atoms with E-state index in [0.717, 1.165) is 5.56 Å².